The van der Waals surface area contributed by atoms with Crippen LogP contribution in [0.5, 0.6) is 0 Å². The lowest BCUT2D eigenvalue weighted by Gasteiger charge is -2.07. The molecule has 25 heavy (non-hydrogen) atoms. The molecule has 0 radical (unpaired) electrons. The van der Waals surface area contributed by atoms with E-state index in [0.29, 0.717) is 19.3 Å². The third kappa shape index (κ3) is 6.12. The number of rotatable bonds is 10. The quantitative estimate of drug-likeness (QED) is 0.608. The van der Waals surface area contributed by atoms with Gasteiger partial charge in [0.2, 0.25) is 0 Å². The number of carbonyl (C=O) groups is 1. The predicted octanol–water partition coefficient (Wildman–Crippen LogP) is 3.37. The average Bonchev–Trinajstić information content (AvgIpc) is 3.09. The number of Topliss-reactive ketones (excluding diaryl/α,β-unsaturated/α-hetero) is 1. The maximum atomic E-state index is 12.1. The van der Waals surface area contributed by atoms with Crippen LogP contribution in [-0.2, 0) is 21.1 Å². The van der Waals surface area contributed by atoms with Gasteiger partial charge in [0.1, 0.15) is 5.78 Å². The van der Waals surface area contributed by atoms with Crippen molar-refractivity contribution < 1.29 is 13.2 Å². The van der Waals surface area contributed by atoms with Gasteiger partial charge in [-0.25, -0.2) is 13.1 Å². The Balaban J connectivity index is 1.70. The number of hydrogen-bond acceptors (Lipinski definition) is 4. The third-order valence-corrected chi connectivity index (χ3v) is 6.50. The molecule has 6 heteroatoms. The van der Waals surface area contributed by atoms with Crippen molar-refractivity contribution in [1.29, 1.82) is 0 Å². The van der Waals surface area contributed by atoms with Crippen molar-refractivity contribution in [2.45, 2.75) is 51.2 Å². The standard InChI is InChI=1S/C19H26N2O3S/c1-16(2)25(23,24)14-5-3-4-7-19(22)15-17-8-10-18(11-9-17)21-13-6-12-20-21/h6,8-13,16H,3-5,7,14-15H2,1-2H3. The molecule has 0 aliphatic rings. The van der Waals surface area contributed by atoms with Gasteiger partial charge < -0.3 is 0 Å². The van der Waals surface area contributed by atoms with Crippen molar-refractivity contribution in [3.05, 3.63) is 48.3 Å². The summed E-state index contributed by atoms with van der Waals surface area (Å²) in [7, 11) is -2.96. The summed E-state index contributed by atoms with van der Waals surface area (Å²) in [6, 6.07) is 9.66. The maximum Gasteiger partial charge on any atom is 0.152 e. The lowest BCUT2D eigenvalue weighted by Crippen LogP contribution is -2.17. The molecule has 1 aromatic heterocycles. The van der Waals surface area contributed by atoms with Crippen molar-refractivity contribution in [2.24, 2.45) is 0 Å². The highest BCUT2D eigenvalue weighted by molar-refractivity contribution is 7.91. The first-order chi connectivity index (χ1) is 11.9. The Bertz CT molecular complexity index is 764. The van der Waals surface area contributed by atoms with E-state index in [1.807, 2.05) is 36.5 Å². The second-order valence-electron chi connectivity index (χ2n) is 6.56. The molecule has 0 spiro atoms. The summed E-state index contributed by atoms with van der Waals surface area (Å²) >= 11 is 0. The fraction of sp³-hybridized carbons (Fsp3) is 0.474. The molecule has 136 valence electrons. The van der Waals surface area contributed by atoms with Crippen LogP contribution in [0, 0.1) is 0 Å². The lowest BCUT2D eigenvalue weighted by atomic mass is 10.0. The first kappa shape index (κ1) is 19.4. The van der Waals surface area contributed by atoms with Gasteiger partial charge >= 0.3 is 0 Å². The smallest absolute Gasteiger partial charge is 0.152 e. The molecular formula is C19H26N2O3S. The van der Waals surface area contributed by atoms with Crippen LogP contribution in [0.15, 0.2) is 42.7 Å². The maximum absolute atomic E-state index is 12.1. The van der Waals surface area contributed by atoms with E-state index in [0.717, 1.165) is 24.1 Å². The van der Waals surface area contributed by atoms with E-state index in [4.69, 9.17) is 0 Å². The molecule has 0 saturated heterocycles. The Morgan fingerprint density at radius 3 is 2.44 bits per heavy atom. The minimum absolute atomic E-state index is 0.193. The monoisotopic (exact) mass is 362 g/mol. The number of aromatic nitrogens is 2. The second kappa shape index (κ2) is 8.94. The number of sulfone groups is 1. The van der Waals surface area contributed by atoms with Gasteiger partial charge in [-0.3, -0.25) is 4.79 Å². The molecule has 2 aromatic rings. The highest BCUT2D eigenvalue weighted by atomic mass is 32.2. The van der Waals surface area contributed by atoms with Crippen LogP contribution in [0.3, 0.4) is 0 Å². The Morgan fingerprint density at radius 2 is 1.84 bits per heavy atom. The third-order valence-electron chi connectivity index (χ3n) is 4.21. The highest BCUT2D eigenvalue weighted by Gasteiger charge is 2.15. The molecule has 0 fully saturated rings. The van der Waals surface area contributed by atoms with E-state index in [1.54, 1.807) is 24.7 Å². The van der Waals surface area contributed by atoms with Crippen LogP contribution >= 0.6 is 0 Å². The van der Waals surface area contributed by atoms with Crippen molar-refractivity contribution in [3.63, 3.8) is 0 Å². The average molecular weight is 362 g/mol. The van der Waals surface area contributed by atoms with Crippen LogP contribution in [0.25, 0.3) is 5.69 Å². The molecule has 5 nitrogen and oxygen atoms in total. The number of ketones is 1. The Labute approximate surface area is 150 Å². The fourth-order valence-corrected chi connectivity index (χ4v) is 3.62. The number of carbonyl (C=O) groups excluding carboxylic acids is 1. The van der Waals surface area contributed by atoms with Crippen LogP contribution in [0.1, 0.15) is 45.1 Å². The molecule has 0 saturated carbocycles. The van der Waals surface area contributed by atoms with E-state index in [9.17, 15) is 13.2 Å². The summed E-state index contributed by atoms with van der Waals surface area (Å²) in [5.74, 6) is 0.409. The molecule has 0 unspecified atom stereocenters. The largest absolute Gasteiger partial charge is 0.299 e. The van der Waals surface area contributed by atoms with Gasteiger partial charge in [-0.15, -0.1) is 0 Å². The number of hydrogen-bond donors (Lipinski definition) is 0. The zero-order valence-corrected chi connectivity index (χ0v) is 15.7. The Hall–Kier alpha value is -1.95. The minimum Gasteiger partial charge on any atom is -0.299 e. The topological polar surface area (TPSA) is 69.0 Å². The van der Waals surface area contributed by atoms with Crippen molar-refractivity contribution in [1.82, 2.24) is 9.78 Å². The van der Waals surface area contributed by atoms with E-state index >= 15 is 0 Å². The molecule has 0 N–H and O–H groups in total. The summed E-state index contributed by atoms with van der Waals surface area (Å²) < 4.78 is 25.2. The molecule has 0 bridgehead atoms. The van der Waals surface area contributed by atoms with E-state index in [1.165, 1.54) is 0 Å². The Morgan fingerprint density at radius 1 is 1.12 bits per heavy atom. The van der Waals surface area contributed by atoms with Crippen LogP contribution in [0.4, 0.5) is 0 Å². The second-order valence-corrected chi connectivity index (χ2v) is 9.24. The van der Waals surface area contributed by atoms with Gasteiger partial charge in [-0.2, -0.15) is 5.10 Å². The first-order valence-corrected chi connectivity index (χ1v) is 10.4. The summed E-state index contributed by atoms with van der Waals surface area (Å²) in [6.45, 7) is 3.41. The van der Waals surface area contributed by atoms with Gasteiger partial charge in [0, 0.05) is 25.2 Å². The SMILES string of the molecule is CC(C)S(=O)(=O)CCCCCC(=O)Cc1ccc(-n2cccn2)cc1. The number of nitrogens with zero attached hydrogens (tertiary/aromatic N) is 2. The van der Waals surface area contributed by atoms with E-state index < -0.39 is 9.84 Å². The van der Waals surface area contributed by atoms with Gasteiger partial charge in [0.05, 0.1) is 16.7 Å². The molecule has 0 aliphatic heterocycles. The van der Waals surface area contributed by atoms with E-state index in [-0.39, 0.29) is 16.8 Å². The van der Waals surface area contributed by atoms with Crippen LogP contribution in [-0.4, -0.2) is 35.0 Å². The van der Waals surface area contributed by atoms with Crippen molar-refractivity contribution in [3.8, 4) is 5.69 Å². The first-order valence-electron chi connectivity index (χ1n) is 8.71. The van der Waals surface area contributed by atoms with Crippen LogP contribution < -0.4 is 0 Å². The summed E-state index contributed by atoms with van der Waals surface area (Å²) in [4.78, 5) is 12.1. The Kier molecular flexibility index (Phi) is 6.93. The number of benzene rings is 1. The molecule has 0 atom stereocenters. The fourth-order valence-electron chi connectivity index (χ4n) is 2.54. The molecule has 0 amide bonds. The molecule has 0 aliphatic carbocycles. The summed E-state index contributed by atoms with van der Waals surface area (Å²) in [5, 5.41) is 3.85. The minimum atomic E-state index is -2.96. The lowest BCUT2D eigenvalue weighted by molar-refractivity contribution is -0.118. The molecule has 1 aromatic carbocycles. The van der Waals surface area contributed by atoms with Crippen LogP contribution in [0.2, 0.25) is 0 Å². The van der Waals surface area contributed by atoms with Gasteiger partial charge in [0.25, 0.3) is 0 Å². The zero-order chi connectivity index (χ0) is 18.3. The molecule has 2 rings (SSSR count). The number of unbranched alkanes of at least 4 members (excludes halogenated alkanes) is 2. The predicted molar refractivity (Wildman–Crippen MR) is 99.7 cm³/mol. The van der Waals surface area contributed by atoms with Gasteiger partial charge in [-0.05, 0) is 50.5 Å². The van der Waals surface area contributed by atoms with Crippen molar-refractivity contribution >= 4 is 15.6 Å². The summed E-state index contributed by atoms with van der Waals surface area (Å²) in [6.07, 6.45) is 6.68. The molecule has 1 heterocycles. The summed E-state index contributed by atoms with van der Waals surface area (Å²) in [5.41, 5.74) is 1.95. The van der Waals surface area contributed by atoms with Crippen molar-refractivity contribution in [2.75, 3.05) is 5.75 Å². The molecular weight excluding hydrogens is 336 g/mol. The highest BCUT2D eigenvalue weighted by Crippen LogP contribution is 2.12. The zero-order valence-electron chi connectivity index (χ0n) is 14.9. The van der Waals surface area contributed by atoms with Gasteiger partial charge in [-0.1, -0.05) is 18.6 Å². The van der Waals surface area contributed by atoms with E-state index in [2.05, 4.69) is 5.10 Å². The van der Waals surface area contributed by atoms with Gasteiger partial charge in [0.15, 0.2) is 9.84 Å². The normalized spacial score (nSPS) is 11.8.